The number of hydrogen-bond donors (Lipinski definition) is 1. The van der Waals surface area contributed by atoms with Crippen LogP contribution in [0.1, 0.15) is 23.5 Å². The van der Waals surface area contributed by atoms with Crippen molar-refractivity contribution in [3.05, 3.63) is 35.4 Å². The van der Waals surface area contributed by atoms with E-state index in [9.17, 15) is 0 Å². The molecule has 0 radical (unpaired) electrons. The SMILES string of the molecule is Cc1ccc(C2CSCCC2N)cc1. The first-order chi connectivity index (χ1) is 6.77. The zero-order chi connectivity index (χ0) is 9.97. The zero-order valence-electron chi connectivity index (χ0n) is 8.57. The van der Waals surface area contributed by atoms with Crippen molar-refractivity contribution in [2.45, 2.75) is 25.3 Å². The molecule has 0 saturated carbocycles. The van der Waals surface area contributed by atoms with Gasteiger partial charge in [-0.25, -0.2) is 0 Å². The molecule has 14 heavy (non-hydrogen) atoms. The number of benzene rings is 1. The average Bonchev–Trinajstić information content (AvgIpc) is 2.20. The summed E-state index contributed by atoms with van der Waals surface area (Å²) in [5, 5.41) is 0. The number of aryl methyl sites for hydroxylation is 1. The van der Waals surface area contributed by atoms with Crippen LogP contribution in [0.5, 0.6) is 0 Å². The lowest BCUT2D eigenvalue weighted by Gasteiger charge is -2.28. The first-order valence-electron chi connectivity index (χ1n) is 5.17. The second-order valence-electron chi connectivity index (χ2n) is 4.04. The van der Waals surface area contributed by atoms with E-state index in [2.05, 4.69) is 31.2 Å². The predicted molar refractivity (Wildman–Crippen MR) is 63.8 cm³/mol. The van der Waals surface area contributed by atoms with E-state index in [1.165, 1.54) is 22.6 Å². The molecule has 2 rings (SSSR count). The maximum atomic E-state index is 6.14. The van der Waals surface area contributed by atoms with Crippen LogP contribution in [0.4, 0.5) is 0 Å². The molecule has 2 N–H and O–H groups in total. The average molecular weight is 207 g/mol. The molecule has 0 spiro atoms. The molecule has 1 nitrogen and oxygen atoms in total. The molecule has 2 heteroatoms. The van der Waals surface area contributed by atoms with E-state index in [-0.39, 0.29) is 0 Å². The largest absolute Gasteiger partial charge is 0.327 e. The van der Waals surface area contributed by atoms with Gasteiger partial charge in [0.15, 0.2) is 0 Å². The van der Waals surface area contributed by atoms with Gasteiger partial charge >= 0.3 is 0 Å². The fourth-order valence-electron chi connectivity index (χ4n) is 1.91. The molecule has 76 valence electrons. The fraction of sp³-hybridized carbons (Fsp3) is 0.500. The molecule has 1 fully saturated rings. The van der Waals surface area contributed by atoms with Crippen LogP contribution in [0.3, 0.4) is 0 Å². The standard InChI is InChI=1S/C12H17NS/c1-9-2-4-10(5-3-9)11-8-14-7-6-12(11)13/h2-5,11-12H,6-8,13H2,1H3. The minimum absolute atomic E-state index is 0.360. The Bertz CT molecular complexity index is 294. The summed E-state index contributed by atoms with van der Waals surface area (Å²) in [6.07, 6.45) is 1.16. The first kappa shape index (κ1) is 10.1. The van der Waals surface area contributed by atoms with Crippen LogP contribution >= 0.6 is 11.8 Å². The smallest absolute Gasteiger partial charge is 0.0124 e. The molecule has 1 aliphatic rings. The van der Waals surface area contributed by atoms with E-state index in [1.54, 1.807) is 0 Å². The Labute approximate surface area is 90.1 Å². The highest BCUT2D eigenvalue weighted by molar-refractivity contribution is 7.99. The second kappa shape index (κ2) is 4.37. The molecule has 0 amide bonds. The first-order valence-corrected chi connectivity index (χ1v) is 6.33. The van der Waals surface area contributed by atoms with Gasteiger partial charge in [0.05, 0.1) is 0 Å². The zero-order valence-corrected chi connectivity index (χ0v) is 9.39. The maximum absolute atomic E-state index is 6.14. The van der Waals surface area contributed by atoms with Gasteiger partial charge in [0.1, 0.15) is 0 Å². The second-order valence-corrected chi connectivity index (χ2v) is 5.19. The summed E-state index contributed by atoms with van der Waals surface area (Å²) in [6, 6.07) is 9.18. The van der Waals surface area contributed by atoms with E-state index in [1.807, 2.05) is 11.8 Å². The van der Waals surface area contributed by atoms with E-state index >= 15 is 0 Å². The number of thioether (sulfide) groups is 1. The molecular formula is C12H17NS. The summed E-state index contributed by atoms with van der Waals surface area (Å²) in [6.45, 7) is 2.12. The third-order valence-electron chi connectivity index (χ3n) is 2.92. The van der Waals surface area contributed by atoms with Gasteiger partial charge in [0.25, 0.3) is 0 Å². The molecule has 2 atom stereocenters. The highest BCUT2D eigenvalue weighted by Gasteiger charge is 2.23. The number of rotatable bonds is 1. The normalized spacial score (nSPS) is 27.6. The lowest BCUT2D eigenvalue weighted by atomic mass is 9.91. The van der Waals surface area contributed by atoms with Crippen molar-refractivity contribution in [2.24, 2.45) is 5.73 Å². The van der Waals surface area contributed by atoms with Crippen LogP contribution in [-0.2, 0) is 0 Å². The van der Waals surface area contributed by atoms with Gasteiger partial charge in [-0.1, -0.05) is 29.8 Å². The summed E-state index contributed by atoms with van der Waals surface area (Å²) in [5.41, 5.74) is 8.87. The van der Waals surface area contributed by atoms with Crippen LogP contribution in [0.2, 0.25) is 0 Å². The van der Waals surface area contributed by atoms with Crippen LogP contribution < -0.4 is 5.73 Å². The maximum Gasteiger partial charge on any atom is 0.0124 e. The molecule has 2 unspecified atom stereocenters. The summed E-state index contributed by atoms with van der Waals surface area (Å²) < 4.78 is 0. The predicted octanol–water partition coefficient (Wildman–Crippen LogP) is 2.54. The Hall–Kier alpha value is -0.470. The van der Waals surface area contributed by atoms with Crippen LogP contribution in [-0.4, -0.2) is 17.5 Å². The Morgan fingerprint density at radius 3 is 2.64 bits per heavy atom. The Morgan fingerprint density at radius 2 is 2.00 bits per heavy atom. The van der Waals surface area contributed by atoms with Gasteiger partial charge in [-0.2, -0.15) is 11.8 Å². The molecule has 1 saturated heterocycles. The summed E-state index contributed by atoms with van der Waals surface area (Å²) in [7, 11) is 0. The highest BCUT2D eigenvalue weighted by Crippen LogP contribution is 2.30. The molecule has 1 aliphatic heterocycles. The lowest BCUT2D eigenvalue weighted by molar-refractivity contribution is 0.548. The van der Waals surface area contributed by atoms with Crippen molar-refractivity contribution >= 4 is 11.8 Å². The molecule has 0 aliphatic carbocycles. The van der Waals surface area contributed by atoms with Crippen molar-refractivity contribution in [1.29, 1.82) is 0 Å². The van der Waals surface area contributed by atoms with Gasteiger partial charge in [-0.3, -0.25) is 0 Å². The van der Waals surface area contributed by atoms with Crippen molar-refractivity contribution in [1.82, 2.24) is 0 Å². The summed E-state index contributed by atoms with van der Waals surface area (Å²) in [4.78, 5) is 0. The minimum atomic E-state index is 0.360. The molecule has 0 aromatic heterocycles. The van der Waals surface area contributed by atoms with Crippen LogP contribution in [0.15, 0.2) is 24.3 Å². The number of nitrogens with two attached hydrogens (primary N) is 1. The fourth-order valence-corrected chi connectivity index (χ4v) is 3.21. The van der Waals surface area contributed by atoms with Crippen molar-refractivity contribution in [3.8, 4) is 0 Å². The molecule has 0 bridgehead atoms. The van der Waals surface area contributed by atoms with Gasteiger partial charge < -0.3 is 5.73 Å². The Kier molecular flexibility index (Phi) is 3.14. The van der Waals surface area contributed by atoms with Crippen molar-refractivity contribution < 1.29 is 0 Å². The van der Waals surface area contributed by atoms with E-state index in [4.69, 9.17) is 5.73 Å². The lowest BCUT2D eigenvalue weighted by Crippen LogP contribution is -2.33. The van der Waals surface area contributed by atoms with E-state index in [0.717, 1.165) is 6.42 Å². The minimum Gasteiger partial charge on any atom is -0.327 e. The number of hydrogen-bond acceptors (Lipinski definition) is 2. The third kappa shape index (κ3) is 2.12. The van der Waals surface area contributed by atoms with Crippen LogP contribution in [0.25, 0.3) is 0 Å². The van der Waals surface area contributed by atoms with Crippen molar-refractivity contribution in [3.63, 3.8) is 0 Å². The van der Waals surface area contributed by atoms with Gasteiger partial charge in [0, 0.05) is 17.7 Å². The quantitative estimate of drug-likeness (QED) is 0.766. The highest BCUT2D eigenvalue weighted by atomic mass is 32.2. The monoisotopic (exact) mass is 207 g/mol. The van der Waals surface area contributed by atoms with Crippen molar-refractivity contribution in [2.75, 3.05) is 11.5 Å². The summed E-state index contributed by atoms with van der Waals surface area (Å²) in [5.74, 6) is 2.97. The van der Waals surface area contributed by atoms with E-state index in [0.29, 0.717) is 12.0 Å². The van der Waals surface area contributed by atoms with Crippen LogP contribution in [0, 0.1) is 6.92 Å². The van der Waals surface area contributed by atoms with E-state index < -0.39 is 0 Å². The third-order valence-corrected chi connectivity index (χ3v) is 4.03. The van der Waals surface area contributed by atoms with Gasteiger partial charge in [-0.15, -0.1) is 0 Å². The summed E-state index contributed by atoms with van der Waals surface area (Å²) >= 11 is 2.03. The van der Waals surface area contributed by atoms with Gasteiger partial charge in [-0.05, 0) is 24.7 Å². The molecule has 1 aromatic rings. The topological polar surface area (TPSA) is 26.0 Å². The Morgan fingerprint density at radius 1 is 1.29 bits per heavy atom. The Balaban J connectivity index is 2.16. The molecule has 1 heterocycles. The van der Waals surface area contributed by atoms with Gasteiger partial charge in [0.2, 0.25) is 0 Å². The molecule has 1 aromatic carbocycles. The molecular weight excluding hydrogens is 190 g/mol.